The summed E-state index contributed by atoms with van der Waals surface area (Å²) in [7, 11) is 4.04. The highest BCUT2D eigenvalue weighted by molar-refractivity contribution is 5.96. The van der Waals surface area contributed by atoms with Crippen LogP contribution in [0.3, 0.4) is 0 Å². The van der Waals surface area contributed by atoms with Gasteiger partial charge < -0.3 is 24.2 Å². The molecule has 7 nitrogen and oxygen atoms in total. The average molecular weight is 377 g/mol. The standard InChI is InChI=1S/C16H18F3NO6/c1-24-11-4-8(5-12(25-2)13(11)26-3)14(21)20-6-9(15(22)23)10(7-20)16(17,18)19/h4-5,9-10H,6-7H2,1-3H3,(H,22,23)/t9-,10-/m1/s1. The first kappa shape index (κ1) is 19.7. The second-order valence-corrected chi connectivity index (χ2v) is 5.72. The number of methoxy groups -OCH3 is 3. The summed E-state index contributed by atoms with van der Waals surface area (Å²) in [5.74, 6) is -5.61. The van der Waals surface area contributed by atoms with Gasteiger partial charge in [0.2, 0.25) is 5.75 Å². The molecule has 0 saturated carbocycles. The van der Waals surface area contributed by atoms with E-state index in [0.717, 1.165) is 4.90 Å². The number of benzene rings is 1. The third-order valence-electron chi connectivity index (χ3n) is 4.26. The molecule has 2 rings (SSSR count). The van der Waals surface area contributed by atoms with Crippen molar-refractivity contribution in [2.75, 3.05) is 34.4 Å². The number of alkyl halides is 3. The van der Waals surface area contributed by atoms with Gasteiger partial charge in [-0.25, -0.2) is 0 Å². The Bertz CT molecular complexity index is 681. The average Bonchev–Trinajstić information content (AvgIpc) is 3.05. The zero-order valence-corrected chi connectivity index (χ0v) is 14.3. The van der Waals surface area contributed by atoms with E-state index in [9.17, 15) is 22.8 Å². The molecular formula is C16H18F3NO6. The summed E-state index contributed by atoms with van der Waals surface area (Å²) >= 11 is 0. The maximum absolute atomic E-state index is 13.1. The van der Waals surface area contributed by atoms with Crippen LogP contribution in [0.25, 0.3) is 0 Å². The summed E-state index contributed by atoms with van der Waals surface area (Å²) in [6, 6.07) is 2.61. The number of aliphatic carboxylic acids is 1. The summed E-state index contributed by atoms with van der Waals surface area (Å²) < 4.78 is 54.6. The zero-order valence-electron chi connectivity index (χ0n) is 14.3. The Morgan fingerprint density at radius 3 is 1.96 bits per heavy atom. The maximum atomic E-state index is 13.1. The van der Waals surface area contributed by atoms with Gasteiger partial charge in [0.15, 0.2) is 11.5 Å². The van der Waals surface area contributed by atoms with E-state index in [1.54, 1.807) is 0 Å². The van der Waals surface area contributed by atoms with Crippen molar-refractivity contribution < 1.29 is 42.1 Å². The van der Waals surface area contributed by atoms with Crippen molar-refractivity contribution in [1.29, 1.82) is 0 Å². The van der Waals surface area contributed by atoms with Crippen LogP contribution in [0, 0.1) is 11.8 Å². The lowest BCUT2D eigenvalue weighted by Gasteiger charge is -2.19. The molecule has 0 unspecified atom stereocenters. The van der Waals surface area contributed by atoms with Crippen molar-refractivity contribution in [2.24, 2.45) is 11.8 Å². The number of carboxylic acids is 1. The van der Waals surface area contributed by atoms with E-state index in [1.165, 1.54) is 33.5 Å². The molecule has 0 spiro atoms. The summed E-state index contributed by atoms with van der Waals surface area (Å²) in [6.07, 6.45) is -4.71. The number of carbonyl (C=O) groups is 2. The van der Waals surface area contributed by atoms with Gasteiger partial charge in [-0.05, 0) is 12.1 Å². The van der Waals surface area contributed by atoms with E-state index in [4.69, 9.17) is 19.3 Å². The lowest BCUT2D eigenvalue weighted by Crippen LogP contribution is -2.34. The molecule has 10 heteroatoms. The third kappa shape index (κ3) is 3.63. The number of likely N-dealkylation sites (tertiary alicyclic amines) is 1. The molecule has 1 amide bonds. The van der Waals surface area contributed by atoms with Crippen LogP contribution in [0.1, 0.15) is 10.4 Å². The number of amides is 1. The van der Waals surface area contributed by atoms with E-state index in [2.05, 4.69) is 0 Å². The van der Waals surface area contributed by atoms with Gasteiger partial charge in [-0.1, -0.05) is 0 Å². The Kier molecular flexibility index (Phi) is 5.53. The Balaban J connectivity index is 2.36. The van der Waals surface area contributed by atoms with Gasteiger partial charge in [-0.15, -0.1) is 0 Å². The minimum Gasteiger partial charge on any atom is -0.493 e. The molecule has 26 heavy (non-hydrogen) atoms. The Morgan fingerprint density at radius 2 is 1.62 bits per heavy atom. The SMILES string of the molecule is COc1cc(C(=O)N2C[C@@H](C(F)(F)F)[C@H](C(=O)O)C2)cc(OC)c1OC. The van der Waals surface area contributed by atoms with Crippen molar-refractivity contribution in [2.45, 2.75) is 6.18 Å². The molecule has 0 radical (unpaired) electrons. The van der Waals surface area contributed by atoms with Crippen LogP contribution in [0.4, 0.5) is 13.2 Å². The van der Waals surface area contributed by atoms with E-state index >= 15 is 0 Å². The van der Waals surface area contributed by atoms with Crippen LogP contribution >= 0.6 is 0 Å². The molecule has 1 saturated heterocycles. The van der Waals surface area contributed by atoms with Gasteiger partial charge in [0.1, 0.15) is 0 Å². The number of halogens is 3. The number of hydrogen-bond acceptors (Lipinski definition) is 5. The predicted molar refractivity (Wildman–Crippen MR) is 82.7 cm³/mol. The fraction of sp³-hybridized carbons (Fsp3) is 0.500. The molecule has 1 aromatic carbocycles. The Labute approximate surface area is 147 Å². The monoisotopic (exact) mass is 377 g/mol. The van der Waals surface area contributed by atoms with Gasteiger partial charge in [-0.2, -0.15) is 13.2 Å². The summed E-state index contributed by atoms with van der Waals surface area (Å²) in [5.41, 5.74) is 0.00598. The fourth-order valence-electron chi connectivity index (χ4n) is 2.94. The van der Waals surface area contributed by atoms with Gasteiger partial charge >= 0.3 is 12.1 Å². The van der Waals surface area contributed by atoms with E-state index < -0.39 is 43.0 Å². The second-order valence-electron chi connectivity index (χ2n) is 5.72. The summed E-state index contributed by atoms with van der Waals surface area (Å²) in [4.78, 5) is 24.7. The largest absolute Gasteiger partial charge is 0.493 e. The smallest absolute Gasteiger partial charge is 0.394 e. The van der Waals surface area contributed by atoms with Crippen molar-refractivity contribution in [3.63, 3.8) is 0 Å². The molecule has 0 bridgehead atoms. The number of carboxylic acid groups (broad SMARTS) is 1. The third-order valence-corrected chi connectivity index (χ3v) is 4.26. The van der Waals surface area contributed by atoms with Crippen molar-refractivity contribution in [1.82, 2.24) is 4.90 Å². The van der Waals surface area contributed by atoms with E-state index in [-0.39, 0.29) is 22.8 Å². The Morgan fingerprint density at radius 1 is 1.08 bits per heavy atom. The van der Waals surface area contributed by atoms with Crippen molar-refractivity contribution in [3.05, 3.63) is 17.7 Å². The zero-order chi connectivity index (χ0) is 19.6. The van der Waals surface area contributed by atoms with Gasteiger partial charge in [0.05, 0.1) is 33.2 Å². The van der Waals surface area contributed by atoms with E-state index in [0.29, 0.717) is 0 Å². The summed E-state index contributed by atoms with van der Waals surface area (Å²) in [6.45, 7) is -1.26. The number of rotatable bonds is 5. The quantitative estimate of drug-likeness (QED) is 0.845. The lowest BCUT2D eigenvalue weighted by molar-refractivity contribution is -0.187. The van der Waals surface area contributed by atoms with Gasteiger partial charge in [0, 0.05) is 18.7 Å². The van der Waals surface area contributed by atoms with Crippen molar-refractivity contribution in [3.8, 4) is 17.2 Å². The molecule has 1 aliphatic heterocycles. The molecule has 2 atom stereocenters. The highest BCUT2D eigenvalue weighted by Gasteiger charge is 2.53. The van der Waals surface area contributed by atoms with Crippen LogP contribution in [0.15, 0.2) is 12.1 Å². The minimum absolute atomic E-state index is 0.00598. The topological polar surface area (TPSA) is 85.3 Å². The highest BCUT2D eigenvalue weighted by Crippen LogP contribution is 2.41. The van der Waals surface area contributed by atoms with Crippen LogP contribution in [0.5, 0.6) is 17.2 Å². The summed E-state index contributed by atoms with van der Waals surface area (Å²) in [5, 5.41) is 9.06. The highest BCUT2D eigenvalue weighted by atomic mass is 19.4. The number of hydrogen-bond donors (Lipinski definition) is 1. The maximum Gasteiger partial charge on any atom is 0.394 e. The molecule has 1 fully saturated rings. The second kappa shape index (κ2) is 7.30. The predicted octanol–water partition coefficient (Wildman–Crippen LogP) is 2.05. The van der Waals surface area contributed by atoms with Crippen molar-refractivity contribution >= 4 is 11.9 Å². The van der Waals surface area contributed by atoms with Crippen LogP contribution in [-0.2, 0) is 4.79 Å². The van der Waals surface area contributed by atoms with Crippen LogP contribution in [0.2, 0.25) is 0 Å². The molecule has 1 aromatic rings. The van der Waals surface area contributed by atoms with E-state index in [1.807, 2.05) is 0 Å². The fourth-order valence-corrected chi connectivity index (χ4v) is 2.94. The number of nitrogens with zero attached hydrogens (tertiary/aromatic N) is 1. The molecular weight excluding hydrogens is 359 g/mol. The first-order valence-electron chi connectivity index (χ1n) is 7.52. The first-order valence-corrected chi connectivity index (χ1v) is 7.52. The number of carbonyl (C=O) groups excluding carboxylic acids is 1. The molecule has 1 heterocycles. The Hall–Kier alpha value is -2.65. The first-order chi connectivity index (χ1) is 12.1. The lowest BCUT2D eigenvalue weighted by atomic mass is 9.96. The molecule has 0 aliphatic carbocycles. The molecule has 1 aliphatic rings. The molecule has 144 valence electrons. The van der Waals surface area contributed by atoms with Gasteiger partial charge in [-0.3, -0.25) is 9.59 Å². The minimum atomic E-state index is -4.71. The molecule has 1 N–H and O–H groups in total. The van der Waals surface area contributed by atoms with Crippen LogP contribution in [-0.4, -0.2) is 62.5 Å². The number of ether oxygens (including phenoxy) is 3. The molecule has 0 aromatic heterocycles. The van der Waals surface area contributed by atoms with Crippen LogP contribution < -0.4 is 14.2 Å². The van der Waals surface area contributed by atoms with Gasteiger partial charge in [0.25, 0.3) is 5.91 Å². The normalized spacial score (nSPS) is 20.0.